The van der Waals surface area contributed by atoms with Crippen molar-refractivity contribution in [1.82, 2.24) is 10.2 Å². The van der Waals surface area contributed by atoms with Crippen LogP contribution in [0.3, 0.4) is 0 Å². The molecular weight excluding hydrogens is 284 g/mol. The summed E-state index contributed by atoms with van der Waals surface area (Å²) >= 11 is 0. The zero-order chi connectivity index (χ0) is 15.6. The van der Waals surface area contributed by atoms with Crippen molar-refractivity contribution in [2.24, 2.45) is 5.92 Å². The highest BCUT2D eigenvalue weighted by Gasteiger charge is 2.28. The van der Waals surface area contributed by atoms with Crippen LogP contribution in [-0.2, 0) is 6.54 Å². The number of hydrogen-bond acceptors (Lipinski definition) is 3. The highest BCUT2D eigenvalue weighted by molar-refractivity contribution is 5.56. The summed E-state index contributed by atoms with van der Waals surface area (Å²) in [5.74, 6) is 1.50. The number of benzene rings is 2. The van der Waals surface area contributed by atoms with Crippen molar-refractivity contribution in [2.45, 2.75) is 6.54 Å². The molecule has 3 nitrogen and oxygen atoms in total. The normalized spacial score (nSPS) is 20.0. The van der Waals surface area contributed by atoms with Crippen LogP contribution < -0.4 is 20.5 Å². The van der Waals surface area contributed by atoms with Crippen molar-refractivity contribution in [2.75, 3.05) is 26.7 Å². The van der Waals surface area contributed by atoms with Gasteiger partial charge in [-0.15, -0.1) is 0 Å². The van der Waals surface area contributed by atoms with Crippen LogP contribution in [0.2, 0.25) is 0 Å². The third-order valence-electron chi connectivity index (χ3n) is 4.84. The van der Waals surface area contributed by atoms with Gasteiger partial charge in [-0.25, -0.2) is 0 Å². The van der Waals surface area contributed by atoms with Crippen LogP contribution >= 0.6 is 0 Å². The molecule has 0 saturated carbocycles. The van der Waals surface area contributed by atoms with Gasteiger partial charge in [-0.1, -0.05) is 36.4 Å². The molecule has 1 fully saturated rings. The first-order valence-corrected chi connectivity index (χ1v) is 8.20. The second kappa shape index (κ2) is 6.09. The van der Waals surface area contributed by atoms with E-state index in [0.29, 0.717) is 5.92 Å². The van der Waals surface area contributed by atoms with Crippen LogP contribution in [-0.4, -0.2) is 31.6 Å². The predicted molar refractivity (Wildman–Crippen MR) is 93.3 cm³/mol. The van der Waals surface area contributed by atoms with Crippen LogP contribution in [0.5, 0.6) is 5.75 Å². The number of ether oxygens (including phenoxy) is 1. The Morgan fingerprint density at radius 2 is 2.04 bits per heavy atom. The summed E-state index contributed by atoms with van der Waals surface area (Å²) < 4.78 is 5.37. The lowest BCUT2D eigenvalue weighted by Gasteiger charge is -2.15. The van der Waals surface area contributed by atoms with E-state index in [2.05, 4.69) is 64.9 Å². The third-order valence-corrected chi connectivity index (χ3v) is 4.84. The van der Waals surface area contributed by atoms with Gasteiger partial charge in [-0.05, 0) is 28.5 Å². The highest BCUT2D eigenvalue weighted by atomic mass is 16.5. The Balaban J connectivity index is 1.68. The van der Waals surface area contributed by atoms with Gasteiger partial charge in [0.1, 0.15) is 5.75 Å². The molecule has 0 bridgehead atoms. The average Bonchev–Trinajstić information content (AvgIpc) is 2.90. The molecule has 2 heterocycles. The first kappa shape index (κ1) is 14.3. The van der Waals surface area contributed by atoms with Crippen molar-refractivity contribution in [1.29, 1.82) is 0 Å². The zero-order valence-electron chi connectivity index (χ0n) is 13.5. The molecule has 118 valence electrons. The standard InChI is InChI=1S/C20H22N2O/c1-23-18-7-8-19-16(9-18)10-21-11-17-13-22(14-20(17)19)12-15-5-3-2-4-6-15/h2-10,17,21H,11-14H2,1H3/t17-/m0/s1. The van der Waals surface area contributed by atoms with Crippen molar-refractivity contribution in [3.05, 3.63) is 64.5 Å². The summed E-state index contributed by atoms with van der Waals surface area (Å²) in [6.45, 7) is 4.21. The molecule has 4 rings (SSSR count). The Bertz CT molecular complexity index is 813. The fourth-order valence-corrected chi connectivity index (χ4v) is 3.70. The molecule has 2 aliphatic heterocycles. The van der Waals surface area contributed by atoms with E-state index >= 15 is 0 Å². The monoisotopic (exact) mass is 306 g/mol. The van der Waals surface area contributed by atoms with Gasteiger partial charge in [0.05, 0.1) is 7.11 Å². The number of likely N-dealkylation sites (tertiary alicyclic amines) is 1. The Morgan fingerprint density at radius 1 is 1.17 bits per heavy atom. The van der Waals surface area contributed by atoms with Crippen LogP contribution in [0.15, 0.2) is 48.5 Å². The second-order valence-corrected chi connectivity index (χ2v) is 6.38. The molecule has 0 radical (unpaired) electrons. The summed E-state index contributed by atoms with van der Waals surface area (Å²) in [7, 11) is 1.72. The van der Waals surface area contributed by atoms with Crippen molar-refractivity contribution in [3.8, 4) is 5.75 Å². The summed E-state index contributed by atoms with van der Waals surface area (Å²) in [6.07, 6.45) is 2.13. The molecule has 1 N–H and O–H groups in total. The van der Waals surface area contributed by atoms with Gasteiger partial charge in [0, 0.05) is 43.5 Å². The SMILES string of the molecule is COc1ccc2c(c1)=CNC[C@H]1CN(Cc3ccccc3)CC=21. The van der Waals surface area contributed by atoms with E-state index in [-0.39, 0.29) is 0 Å². The summed E-state index contributed by atoms with van der Waals surface area (Å²) in [6, 6.07) is 17.2. The average molecular weight is 306 g/mol. The minimum atomic E-state index is 0.588. The van der Waals surface area contributed by atoms with Crippen LogP contribution in [0.25, 0.3) is 11.8 Å². The molecular formula is C20H22N2O. The van der Waals surface area contributed by atoms with E-state index in [1.54, 1.807) is 12.7 Å². The van der Waals surface area contributed by atoms with Crippen LogP contribution in [0.1, 0.15) is 5.56 Å². The maximum atomic E-state index is 5.37. The number of methoxy groups -OCH3 is 1. The molecule has 2 aromatic carbocycles. The minimum Gasteiger partial charge on any atom is -0.497 e. The van der Waals surface area contributed by atoms with Gasteiger partial charge in [0.15, 0.2) is 0 Å². The molecule has 3 heteroatoms. The lowest BCUT2D eigenvalue weighted by atomic mass is 10.0. The van der Waals surface area contributed by atoms with E-state index in [1.165, 1.54) is 16.0 Å². The number of hydrogen-bond donors (Lipinski definition) is 1. The van der Waals surface area contributed by atoms with Gasteiger partial charge in [0.2, 0.25) is 0 Å². The van der Waals surface area contributed by atoms with Gasteiger partial charge < -0.3 is 10.1 Å². The summed E-state index contributed by atoms with van der Waals surface area (Å²) in [5.41, 5.74) is 2.94. The predicted octanol–water partition coefficient (Wildman–Crippen LogP) is 1.32. The number of nitrogens with one attached hydrogen (secondary N) is 1. The number of rotatable bonds is 3. The molecule has 0 unspecified atom stereocenters. The van der Waals surface area contributed by atoms with E-state index in [4.69, 9.17) is 4.74 Å². The fourth-order valence-electron chi connectivity index (χ4n) is 3.70. The molecule has 0 aromatic heterocycles. The largest absolute Gasteiger partial charge is 0.497 e. The van der Waals surface area contributed by atoms with Crippen molar-refractivity contribution in [3.63, 3.8) is 0 Å². The van der Waals surface area contributed by atoms with Gasteiger partial charge in [-0.2, -0.15) is 0 Å². The topological polar surface area (TPSA) is 24.5 Å². The fraction of sp³-hybridized carbons (Fsp3) is 0.300. The van der Waals surface area contributed by atoms with Gasteiger partial charge in [0.25, 0.3) is 0 Å². The maximum absolute atomic E-state index is 5.37. The molecule has 2 aromatic rings. The lowest BCUT2D eigenvalue weighted by Crippen LogP contribution is -2.29. The minimum absolute atomic E-state index is 0.588. The Kier molecular flexibility index (Phi) is 3.80. The first-order chi connectivity index (χ1) is 11.3. The van der Waals surface area contributed by atoms with E-state index in [9.17, 15) is 0 Å². The first-order valence-electron chi connectivity index (χ1n) is 8.20. The van der Waals surface area contributed by atoms with Crippen molar-refractivity contribution >= 4 is 11.8 Å². The molecule has 2 aliphatic rings. The Labute approximate surface area is 136 Å². The second-order valence-electron chi connectivity index (χ2n) is 6.38. The Morgan fingerprint density at radius 3 is 2.87 bits per heavy atom. The molecule has 1 saturated heterocycles. The lowest BCUT2D eigenvalue weighted by molar-refractivity contribution is 0.317. The maximum Gasteiger partial charge on any atom is 0.119 e. The van der Waals surface area contributed by atoms with Crippen LogP contribution in [0, 0.1) is 5.92 Å². The molecule has 0 spiro atoms. The van der Waals surface area contributed by atoms with Gasteiger partial charge >= 0.3 is 0 Å². The van der Waals surface area contributed by atoms with Crippen LogP contribution in [0.4, 0.5) is 0 Å². The smallest absolute Gasteiger partial charge is 0.119 e. The molecule has 0 amide bonds. The van der Waals surface area contributed by atoms with E-state index < -0.39 is 0 Å². The zero-order valence-corrected chi connectivity index (χ0v) is 13.5. The summed E-state index contributed by atoms with van der Waals surface area (Å²) in [5, 5.41) is 6.09. The number of fused-ring (bicyclic) bond motifs is 2. The number of nitrogens with zero attached hydrogens (tertiary/aromatic N) is 1. The summed E-state index contributed by atoms with van der Waals surface area (Å²) in [4.78, 5) is 2.55. The van der Waals surface area contributed by atoms with E-state index in [1.807, 2.05) is 0 Å². The highest BCUT2D eigenvalue weighted by Crippen LogP contribution is 2.24. The molecule has 23 heavy (non-hydrogen) atoms. The van der Waals surface area contributed by atoms with E-state index in [0.717, 1.165) is 31.9 Å². The Hall–Kier alpha value is -2.26. The quantitative estimate of drug-likeness (QED) is 0.926. The third kappa shape index (κ3) is 2.84. The molecule has 0 aliphatic carbocycles. The van der Waals surface area contributed by atoms with Gasteiger partial charge in [-0.3, -0.25) is 4.90 Å². The molecule has 1 atom stereocenters. The van der Waals surface area contributed by atoms with Crippen molar-refractivity contribution < 1.29 is 4.74 Å².